The monoisotopic (exact) mass is 402 g/mol. The van der Waals surface area contributed by atoms with Crippen LogP contribution in [0.3, 0.4) is 0 Å². The highest BCUT2D eigenvalue weighted by Gasteiger charge is 2.28. The van der Waals surface area contributed by atoms with Gasteiger partial charge < -0.3 is 15.4 Å². The van der Waals surface area contributed by atoms with Crippen molar-refractivity contribution in [2.45, 2.75) is 12.2 Å². The van der Waals surface area contributed by atoms with E-state index in [2.05, 4.69) is 15.4 Å². The SMILES string of the molecule is CNC(=O)C(NC(=O)c1ccc(OCC(F)(F)F)cc1)c1ccc(F)c(F)c1. The van der Waals surface area contributed by atoms with Crippen LogP contribution in [0.5, 0.6) is 5.75 Å². The first kappa shape index (κ1) is 21.1. The van der Waals surface area contributed by atoms with Gasteiger partial charge in [-0.3, -0.25) is 9.59 Å². The molecule has 1 atom stereocenters. The minimum Gasteiger partial charge on any atom is -0.484 e. The van der Waals surface area contributed by atoms with E-state index in [0.29, 0.717) is 0 Å². The van der Waals surface area contributed by atoms with Crippen LogP contribution in [0.2, 0.25) is 0 Å². The molecule has 0 aliphatic rings. The van der Waals surface area contributed by atoms with Crippen LogP contribution in [0.15, 0.2) is 42.5 Å². The third kappa shape index (κ3) is 5.66. The lowest BCUT2D eigenvalue weighted by Gasteiger charge is -2.18. The van der Waals surface area contributed by atoms with Crippen molar-refractivity contribution >= 4 is 11.8 Å². The molecule has 1 unspecified atom stereocenters. The molecule has 0 aliphatic heterocycles. The molecule has 5 nitrogen and oxygen atoms in total. The van der Waals surface area contributed by atoms with Crippen LogP contribution >= 0.6 is 0 Å². The highest BCUT2D eigenvalue weighted by atomic mass is 19.4. The number of halogens is 5. The van der Waals surface area contributed by atoms with Crippen molar-refractivity contribution in [3.63, 3.8) is 0 Å². The van der Waals surface area contributed by atoms with Crippen LogP contribution in [0.25, 0.3) is 0 Å². The quantitative estimate of drug-likeness (QED) is 0.730. The fraction of sp³-hybridized carbons (Fsp3) is 0.222. The highest BCUT2D eigenvalue weighted by molar-refractivity contribution is 5.97. The second kappa shape index (κ2) is 8.68. The standard InChI is InChI=1S/C18H15F5N2O3/c1-24-17(27)15(11-4-7-13(19)14(20)8-11)25-16(26)10-2-5-12(6-3-10)28-9-18(21,22)23/h2-8,15H,9H2,1H3,(H,24,27)(H,25,26). The number of carbonyl (C=O) groups is 2. The number of nitrogens with one attached hydrogen (secondary N) is 2. The van der Waals surface area contributed by atoms with Gasteiger partial charge in [0.1, 0.15) is 11.8 Å². The van der Waals surface area contributed by atoms with E-state index in [9.17, 15) is 31.5 Å². The van der Waals surface area contributed by atoms with Crippen molar-refractivity contribution in [2.24, 2.45) is 0 Å². The number of carbonyl (C=O) groups excluding carboxylic acids is 2. The third-order valence-electron chi connectivity index (χ3n) is 3.58. The zero-order valence-electron chi connectivity index (χ0n) is 14.4. The number of likely N-dealkylation sites (N-methyl/N-ethyl adjacent to an activating group) is 1. The Balaban J connectivity index is 2.14. The molecule has 10 heteroatoms. The molecule has 2 aromatic rings. The minimum atomic E-state index is -4.50. The van der Waals surface area contributed by atoms with Gasteiger partial charge in [0, 0.05) is 12.6 Å². The van der Waals surface area contributed by atoms with Crippen molar-refractivity contribution in [1.82, 2.24) is 10.6 Å². The van der Waals surface area contributed by atoms with Crippen molar-refractivity contribution in [1.29, 1.82) is 0 Å². The Labute approximate surface area is 156 Å². The van der Waals surface area contributed by atoms with E-state index in [1.807, 2.05) is 0 Å². The Kier molecular flexibility index (Phi) is 6.55. The summed E-state index contributed by atoms with van der Waals surface area (Å²) in [5, 5.41) is 4.66. The Hall–Kier alpha value is -3.17. The van der Waals surface area contributed by atoms with Gasteiger partial charge in [-0.1, -0.05) is 6.07 Å². The number of ether oxygens (including phenoxy) is 1. The highest BCUT2D eigenvalue weighted by Crippen LogP contribution is 2.20. The van der Waals surface area contributed by atoms with Gasteiger partial charge in [0.2, 0.25) is 5.91 Å². The fourth-order valence-corrected chi connectivity index (χ4v) is 2.22. The zero-order valence-corrected chi connectivity index (χ0v) is 14.4. The topological polar surface area (TPSA) is 67.4 Å². The van der Waals surface area contributed by atoms with Gasteiger partial charge in [0.15, 0.2) is 18.2 Å². The van der Waals surface area contributed by atoms with Crippen LogP contribution in [-0.2, 0) is 4.79 Å². The summed E-state index contributed by atoms with van der Waals surface area (Å²) in [7, 11) is 1.30. The molecule has 0 radical (unpaired) electrons. The molecule has 0 fully saturated rings. The van der Waals surface area contributed by atoms with Gasteiger partial charge in [-0.15, -0.1) is 0 Å². The largest absolute Gasteiger partial charge is 0.484 e. The van der Waals surface area contributed by atoms with Gasteiger partial charge >= 0.3 is 6.18 Å². The van der Waals surface area contributed by atoms with Crippen molar-refractivity contribution < 1.29 is 36.3 Å². The summed E-state index contributed by atoms with van der Waals surface area (Å²) in [4.78, 5) is 24.4. The maximum absolute atomic E-state index is 13.5. The average molecular weight is 402 g/mol. The van der Waals surface area contributed by atoms with Crippen molar-refractivity contribution in [3.05, 3.63) is 65.2 Å². The Morgan fingerprint density at radius 1 is 1.04 bits per heavy atom. The smallest absolute Gasteiger partial charge is 0.422 e. The second-order valence-electron chi connectivity index (χ2n) is 5.62. The summed E-state index contributed by atoms with van der Waals surface area (Å²) < 4.78 is 67.5. The molecule has 0 aromatic heterocycles. The van der Waals surface area contributed by atoms with E-state index in [4.69, 9.17) is 0 Å². The fourth-order valence-electron chi connectivity index (χ4n) is 2.22. The van der Waals surface area contributed by atoms with Gasteiger partial charge in [-0.2, -0.15) is 13.2 Å². The molecule has 2 aromatic carbocycles. The first-order valence-corrected chi connectivity index (χ1v) is 7.87. The second-order valence-corrected chi connectivity index (χ2v) is 5.62. The molecule has 0 bridgehead atoms. The van der Waals surface area contributed by atoms with E-state index in [1.54, 1.807) is 0 Å². The van der Waals surface area contributed by atoms with E-state index in [0.717, 1.165) is 30.3 Å². The van der Waals surface area contributed by atoms with E-state index in [-0.39, 0.29) is 16.9 Å². The number of alkyl halides is 3. The van der Waals surface area contributed by atoms with Crippen LogP contribution in [0.4, 0.5) is 22.0 Å². The number of hydrogen-bond acceptors (Lipinski definition) is 3. The van der Waals surface area contributed by atoms with Crippen LogP contribution in [0, 0.1) is 11.6 Å². The van der Waals surface area contributed by atoms with Crippen LogP contribution < -0.4 is 15.4 Å². The molecule has 2 amide bonds. The molecule has 2 N–H and O–H groups in total. The van der Waals surface area contributed by atoms with Crippen molar-refractivity contribution in [3.8, 4) is 5.75 Å². The Morgan fingerprint density at radius 2 is 1.68 bits per heavy atom. The van der Waals surface area contributed by atoms with Crippen LogP contribution in [0.1, 0.15) is 22.0 Å². The first-order chi connectivity index (χ1) is 13.1. The van der Waals surface area contributed by atoms with Gasteiger partial charge in [-0.25, -0.2) is 8.78 Å². The molecule has 0 heterocycles. The summed E-state index contributed by atoms with van der Waals surface area (Å²) in [5.74, 6) is -3.82. The predicted molar refractivity (Wildman–Crippen MR) is 88.6 cm³/mol. The lowest BCUT2D eigenvalue weighted by molar-refractivity contribution is -0.153. The van der Waals surface area contributed by atoms with E-state index < -0.39 is 42.3 Å². The number of benzene rings is 2. The van der Waals surface area contributed by atoms with Gasteiger partial charge in [0.05, 0.1) is 0 Å². The van der Waals surface area contributed by atoms with Gasteiger partial charge in [-0.05, 0) is 42.0 Å². The molecule has 0 aliphatic carbocycles. The number of rotatable bonds is 6. The molecule has 2 rings (SSSR count). The van der Waals surface area contributed by atoms with E-state index in [1.165, 1.54) is 19.2 Å². The normalized spacial score (nSPS) is 12.2. The maximum atomic E-state index is 13.5. The van der Waals surface area contributed by atoms with Crippen molar-refractivity contribution in [2.75, 3.05) is 13.7 Å². The molecule has 150 valence electrons. The summed E-state index contributed by atoms with van der Waals surface area (Å²) >= 11 is 0. The minimum absolute atomic E-state index is 0.0109. The van der Waals surface area contributed by atoms with Crippen LogP contribution in [-0.4, -0.2) is 31.6 Å². The Bertz CT molecular complexity index is 853. The van der Waals surface area contributed by atoms with Gasteiger partial charge in [0.25, 0.3) is 5.91 Å². The Morgan fingerprint density at radius 3 is 2.21 bits per heavy atom. The third-order valence-corrected chi connectivity index (χ3v) is 3.58. The van der Waals surface area contributed by atoms with E-state index >= 15 is 0 Å². The molecule has 28 heavy (non-hydrogen) atoms. The zero-order chi connectivity index (χ0) is 20.9. The first-order valence-electron chi connectivity index (χ1n) is 7.87. The predicted octanol–water partition coefficient (Wildman–Crippen LogP) is 3.12. The lowest BCUT2D eigenvalue weighted by Crippen LogP contribution is -2.39. The summed E-state index contributed by atoms with van der Waals surface area (Å²) in [6.07, 6.45) is -4.50. The molecular formula is C18H15F5N2O3. The summed E-state index contributed by atoms with van der Waals surface area (Å²) in [6.45, 7) is -1.48. The number of hydrogen-bond donors (Lipinski definition) is 2. The molecule has 0 saturated carbocycles. The molecular weight excluding hydrogens is 387 g/mol. The lowest BCUT2D eigenvalue weighted by atomic mass is 10.0. The maximum Gasteiger partial charge on any atom is 0.422 e. The number of amides is 2. The molecule has 0 spiro atoms. The molecule has 0 saturated heterocycles. The summed E-state index contributed by atoms with van der Waals surface area (Å²) in [6, 6.07) is 6.16. The average Bonchev–Trinajstić information content (AvgIpc) is 2.65. The summed E-state index contributed by atoms with van der Waals surface area (Å²) in [5.41, 5.74) is 0.0348.